The normalized spacial score (nSPS) is 10.1. The maximum absolute atomic E-state index is 13.5. The summed E-state index contributed by atoms with van der Waals surface area (Å²) in [6, 6.07) is 9.61. The molecule has 0 unspecified atom stereocenters. The highest BCUT2D eigenvalue weighted by molar-refractivity contribution is 5.97. The second-order valence-electron chi connectivity index (χ2n) is 5.18. The molecule has 0 saturated heterocycles. The summed E-state index contributed by atoms with van der Waals surface area (Å²) in [7, 11) is 1.54. The summed E-state index contributed by atoms with van der Waals surface area (Å²) in [6.07, 6.45) is 0. The lowest BCUT2D eigenvalue weighted by Crippen LogP contribution is -2.28. The van der Waals surface area contributed by atoms with Crippen LogP contribution in [0, 0.1) is 15.9 Å². The van der Waals surface area contributed by atoms with Gasteiger partial charge in [-0.3, -0.25) is 14.9 Å². The molecule has 0 bridgehead atoms. The van der Waals surface area contributed by atoms with Gasteiger partial charge in [0, 0.05) is 37.0 Å². The number of nitrogens with one attached hydrogen (secondary N) is 2. The largest absolute Gasteiger partial charge is 0.452 e. The fourth-order valence-corrected chi connectivity index (χ4v) is 2.13. The zero-order valence-corrected chi connectivity index (χ0v) is 13.8. The van der Waals surface area contributed by atoms with Crippen LogP contribution >= 0.6 is 0 Å². The van der Waals surface area contributed by atoms with Gasteiger partial charge in [-0.1, -0.05) is 18.2 Å². The fraction of sp³-hybridized carbons (Fsp3) is 0.176. The Morgan fingerprint density at radius 1 is 1.23 bits per heavy atom. The molecule has 0 aromatic heterocycles. The van der Waals surface area contributed by atoms with E-state index in [-0.39, 0.29) is 17.8 Å². The second kappa shape index (κ2) is 8.56. The first-order valence-electron chi connectivity index (χ1n) is 7.55. The number of nitro benzene ring substituents is 1. The molecule has 2 N–H and O–H groups in total. The van der Waals surface area contributed by atoms with E-state index < -0.39 is 29.2 Å². The lowest BCUT2D eigenvalue weighted by molar-refractivity contribution is -0.384. The minimum absolute atomic E-state index is 0.0539. The molecule has 0 heterocycles. The van der Waals surface area contributed by atoms with Crippen LogP contribution in [0.15, 0.2) is 42.5 Å². The molecule has 0 atom stereocenters. The van der Waals surface area contributed by atoms with Crippen molar-refractivity contribution in [3.05, 3.63) is 69.5 Å². The summed E-state index contributed by atoms with van der Waals surface area (Å²) in [6.45, 7) is -0.652. The summed E-state index contributed by atoms with van der Waals surface area (Å²) in [5.74, 6) is -1.97. The second-order valence-corrected chi connectivity index (χ2v) is 5.18. The molecule has 9 heteroatoms. The molecule has 0 saturated carbocycles. The van der Waals surface area contributed by atoms with E-state index in [2.05, 4.69) is 10.6 Å². The van der Waals surface area contributed by atoms with Crippen molar-refractivity contribution in [3.63, 3.8) is 0 Å². The first-order chi connectivity index (χ1) is 12.4. The monoisotopic (exact) mass is 361 g/mol. The van der Waals surface area contributed by atoms with Crippen molar-refractivity contribution >= 4 is 23.3 Å². The molecular weight excluding hydrogens is 345 g/mol. The van der Waals surface area contributed by atoms with Crippen LogP contribution in [0.2, 0.25) is 0 Å². The first-order valence-corrected chi connectivity index (χ1v) is 7.55. The van der Waals surface area contributed by atoms with Crippen molar-refractivity contribution < 1.29 is 23.6 Å². The molecule has 2 aromatic carbocycles. The molecule has 0 aliphatic rings. The molecule has 0 radical (unpaired) electrons. The standard InChI is InChI=1S/C17H16FN3O5/c1-19-15-7-6-12(21(24)25)8-13(15)17(23)26-10-16(22)20-9-11-4-2-3-5-14(11)18/h2-8,19H,9-10H2,1H3,(H,20,22). The van der Waals surface area contributed by atoms with Gasteiger partial charge < -0.3 is 15.4 Å². The third-order valence-corrected chi connectivity index (χ3v) is 3.47. The maximum atomic E-state index is 13.5. The topological polar surface area (TPSA) is 111 Å². The van der Waals surface area contributed by atoms with Gasteiger partial charge in [-0.25, -0.2) is 9.18 Å². The quantitative estimate of drug-likeness (QED) is 0.445. The van der Waals surface area contributed by atoms with Gasteiger partial charge in [-0.15, -0.1) is 0 Å². The smallest absolute Gasteiger partial charge is 0.341 e. The number of nitro groups is 1. The maximum Gasteiger partial charge on any atom is 0.341 e. The molecule has 2 aromatic rings. The summed E-state index contributed by atoms with van der Waals surface area (Å²) in [5.41, 5.74) is 0.277. The molecule has 8 nitrogen and oxygen atoms in total. The zero-order chi connectivity index (χ0) is 19.1. The van der Waals surface area contributed by atoms with Crippen molar-refractivity contribution in [2.45, 2.75) is 6.54 Å². The minimum atomic E-state index is -0.890. The molecule has 26 heavy (non-hydrogen) atoms. The number of hydrogen-bond acceptors (Lipinski definition) is 6. The van der Waals surface area contributed by atoms with Crippen LogP contribution in [0.5, 0.6) is 0 Å². The predicted octanol–water partition coefficient (Wildman–Crippen LogP) is 2.25. The third kappa shape index (κ3) is 4.76. The van der Waals surface area contributed by atoms with Crippen LogP contribution < -0.4 is 10.6 Å². The van der Waals surface area contributed by atoms with Crippen molar-refractivity contribution in [1.82, 2.24) is 5.32 Å². The summed E-state index contributed by atoms with van der Waals surface area (Å²) >= 11 is 0. The number of non-ortho nitro benzene ring substituents is 1. The predicted molar refractivity (Wildman–Crippen MR) is 91.2 cm³/mol. The highest BCUT2D eigenvalue weighted by atomic mass is 19.1. The Bertz CT molecular complexity index is 841. The Labute approximate surface area is 148 Å². The van der Waals surface area contributed by atoms with E-state index in [1.807, 2.05) is 0 Å². The molecule has 0 aliphatic carbocycles. The number of carbonyl (C=O) groups is 2. The van der Waals surface area contributed by atoms with Crippen molar-refractivity contribution in [1.29, 1.82) is 0 Å². The van der Waals surface area contributed by atoms with E-state index in [1.165, 1.54) is 30.3 Å². The Hall–Kier alpha value is -3.49. The molecule has 2 rings (SSSR count). The summed E-state index contributed by atoms with van der Waals surface area (Å²) in [4.78, 5) is 34.1. The number of esters is 1. The Morgan fingerprint density at radius 3 is 2.62 bits per heavy atom. The van der Waals surface area contributed by atoms with Crippen molar-refractivity contribution in [3.8, 4) is 0 Å². The Morgan fingerprint density at radius 2 is 1.96 bits per heavy atom. The van der Waals surface area contributed by atoms with E-state index in [9.17, 15) is 24.1 Å². The zero-order valence-electron chi connectivity index (χ0n) is 13.8. The van der Waals surface area contributed by atoms with Gasteiger partial charge in [-0.2, -0.15) is 0 Å². The molecule has 0 fully saturated rings. The number of benzene rings is 2. The molecule has 136 valence electrons. The Kier molecular flexibility index (Phi) is 6.20. The van der Waals surface area contributed by atoms with E-state index in [1.54, 1.807) is 13.1 Å². The van der Waals surface area contributed by atoms with Crippen LogP contribution in [-0.4, -0.2) is 30.5 Å². The van der Waals surface area contributed by atoms with Crippen LogP contribution in [0.4, 0.5) is 15.8 Å². The highest BCUT2D eigenvalue weighted by Crippen LogP contribution is 2.22. The van der Waals surface area contributed by atoms with E-state index in [4.69, 9.17) is 4.74 Å². The number of halogens is 1. The summed E-state index contributed by atoms with van der Waals surface area (Å²) < 4.78 is 18.3. The molecule has 1 amide bonds. The number of ether oxygens (including phenoxy) is 1. The van der Waals surface area contributed by atoms with Gasteiger partial charge in [-0.05, 0) is 12.1 Å². The van der Waals surface area contributed by atoms with Crippen LogP contribution in [0.25, 0.3) is 0 Å². The number of anilines is 1. The van der Waals surface area contributed by atoms with Crippen molar-refractivity contribution in [2.75, 3.05) is 19.0 Å². The average Bonchev–Trinajstić information content (AvgIpc) is 2.64. The van der Waals surface area contributed by atoms with Gasteiger partial charge in [0.1, 0.15) is 5.82 Å². The number of carbonyl (C=O) groups excluding carboxylic acids is 2. The number of amides is 1. The SMILES string of the molecule is CNc1ccc([N+](=O)[O-])cc1C(=O)OCC(=O)NCc1ccccc1F. The van der Waals surface area contributed by atoms with Gasteiger partial charge in [0.15, 0.2) is 6.61 Å². The first kappa shape index (κ1) is 18.8. The Balaban J connectivity index is 1.95. The molecule has 0 spiro atoms. The number of rotatable bonds is 7. The average molecular weight is 361 g/mol. The van der Waals surface area contributed by atoms with E-state index in [0.717, 1.165) is 6.07 Å². The van der Waals surface area contributed by atoms with Gasteiger partial charge in [0.2, 0.25) is 0 Å². The van der Waals surface area contributed by atoms with Crippen LogP contribution in [0.3, 0.4) is 0 Å². The highest BCUT2D eigenvalue weighted by Gasteiger charge is 2.18. The summed E-state index contributed by atoms with van der Waals surface area (Å²) in [5, 5.41) is 16.0. The van der Waals surface area contributed by atoms with Crippen molar-refractivity contribution in [2.24, 2.45) is 0 Å². The van der Waals surface area contributed by atoms with E-state index in [0.29, 0.717) is 11.3 Å². The number of nitrogens with zero attached hydrogens (tertiary/aromatic N) is 1. The number of hydrogen-bond donors (Lipinski definition) is 2. The van der Waals surface area contributed by atoms with Gasteiger partial charge >= 0.3 is 5.97 Å². The molecule has 0 aliphatic heterocycles. The van der Waals surface area contributed by atoms with Crippen LogP contribution in [0.1, 0.15) is 15.9 Å². The lowest BCUT2D eigenvalue weighted by Gasteiger charge is -2.10. The minimum Gasteiger partial charge on any atom is -0.452 e. The molecular formula is C17H16FN3O5. The third-order valence-electron chi connectivity index (χ3n) is 3.47. The van der Waals surface area contributed by atoms with E-state index >= 15 is 0 Å². The lowest BCUT2D eigenvalue weighted by atomic mass is 10.1. The van der Waals surface area contributed by atoms with Gasteiger partial charge in [0.05, 0.1) is 10.5 Å². The van der Waals surface area contributed by atoms with Gasteiger partial charge in [0.25, 0.3) is 11.6 Å². The van der Waals surface area contributed by atoms with Crippen LogP contribution in [-0.2, 0) is 16.1 Å². The fourth-order valence-electron chi connectivity index (χ4n) is 2.13.